The molecule has 172 valence electrons. The lowest BCUT2D eigenvalue weighted by Crippen LogP contribution is -2.52. The Morgan fingerprint density at radius 2 is 1.69 bits per heavy atom. The predicted octanol–water partition coefficient (Wildman–Crippen LogP) is 4.84. The van der Waals surface area contributed by atoms with E-state index in [0.29, 0.717) is 19.2 Å². The molecule has 0 aromatic heterocycles. The first kappa shape index (κ1) is 23.4. The Bertz CT molecular complexity index is 959. The molecule has 10 heteroatoms. The molecule has 2 aromatic carbocycles. The molecule has 0 aliphatic carbocycles. The van der Waals surface area contributed by atoms with Gasteiger partial charge in [-0.3, -0.25) is 10.1 Å². The van der Waals surface area contributed by atoms with Crippen LogP contribution in [0.25, 0.3) is 0 Å². The van der Waals surface area contributed by atoms with Gasteiger partial charge in [0.25, 0.3) is 5.69 Å². The molecule has 0 radical (unpaired) electrons. The second kappa shape index (κ2) is 9.46. The number of carbonyl (C=O) groups is 1. The fourth-order valence-corrected chi connectivity index (χ4v) is 3.78. The molecule has 1 saturated heterocycles. The van der Waals surface area contributed by atoms with Crippen LogP contribution in [0.2, 0.25) is 0 Å². The molecule has 32 heavy (non-hydrogen) atoms. The van der Waals surface area contributed by atoms with Crippen molar-refractivity contribution in [1.82, 2.24) is 10.2 Å². The number of alkyl halides is 3. The predicted molar refractivity (Wildman–Crippen MR) is 114 cm³/mol. The van der Waals surface area contributed by atoms with Crippen molar-refractivity contribution in [2.24, 2.45) is 5.92 Å². The maximum atomic E-state index is 12.9. The summed E-state index contributed by atoms with van der Waals surface area (Å²) in [7, 11) is 0. The minimum Gasteiger partial charge on any atom is -0.362 e. The van der Waals surface area contributed by atoms with Crippen LogP contribution in [0.5, 0.6) is 0 Å². The fraction of sp³-hybridized carbons (Fsp3) is 0.409. The van der Waals surface area contributed by atoms with Crippen LogP contribution in [-0.4, -0.2) is 42.0 Å². The summed E-state index contributed by atoms with van der Waals surface area (Å²) < 4.78 is 38.8. The van der Waals surface area contributed by atoms with Gasteiger partial charge in [-0.15, -0.1) is 0 Å². The van der Waals surface area contributed by atoms with Gasteiger partial charge in [-0.05, 0) is 23.6 Å². The minimum atomic E-state index is -4.66. The van der Waals surface area contributed by atoms with Crippen LogP contribution in [0.4, 0.5) is 29.3 Å². The summed E-state index contributed by atoms with van der Waals surface area (Å²) >= 11 is 0. The van der Waals surface area contributed by atoms with Gasteiger partial charge in [-0.2, -0.15) is 13.2 Å². The SMILES string of the molecule is CC(C)[C@H](NC(=O)N1CCN(c2ccc(C(F)(F)F)cc2[N+](=O)[O-])CC1)c1ccccc1. The number of nitrogens with zero attached hydrogens (tertiary/aromatic N) is 3. The molecule has 3 rings (SSSR count). The van der Waals surface area contributed by atoms with E-state index in [1.165, 1.54) is 0 Å². The standard InChI is InChI=1S/C22H25F3N4O3/c1-15(2)20(16-6-4-3-5-7-16)26-21(30)28-12-10-27(11-13-28)18-9-8-17(22(23,24)25)14-19(18)29(31)32/h3-9,14-15,20H,10-13H2,1-2H3,(H,26,30)/t20-/m0/s1. The molecule has 0 unspecified atom stereocenters. The number of nitro benzene ring substituents is 1. The quantitative estimate of drug-likeness (QED) is 0.522. The highest BCUT2D eigenvalue weighted by atomic mass is 19.4. The van der Waals surface area contributed by atoms with E-state index in [4.69, 9.17) is 0 Å². The van der Waals surface area contributed by atoms with E-state index >= 15 is 0 Å². The summed E-state index contributed by atoms with van der Waals surface area (Å²) in [6.45, 7) is 5.17. The zero-order chi connectivity index (χ0) is 23.5. The third-order valence-corrected chi connectivity index (χ3v) is 5.51. The number of amides is 2. The first-order valence-corrected chi connectivity index (χ1v) is 10.3. The second-order valence-electron chi connectivity index (χ2n) is 8.01. The highest BCUT2D eigenvalue weighted by molar-refractivity contribution is 5.75. The van der Waals surface area contributed by atoms with Crippen LogP contribution in [0.15, 0.2) is 48.5 Å². The van der Waals surface area contributed by atoms with Crippen molar-refractivity contribution >= 4 is 17.4 Å². The van der Waals surface area contributed by atoms with Gasteiger partial charge in [0.15, 0.2) is 0 Å². The first-order valence-electron chi connectivity index (χ1n) is 10.3. The Hall–Kier alpha value is -3.30. The lowest BCUT2D eigenvalue weighted by atomic mass is 9.96. The second-order valence-corrected chi connectivity index (χ2v) is 8.01. The molecule has 7 nitrogen and oxygen atoms in total. The molecule has 1 heterocycles. The molecule has 0 saturated carbocycles. The van der Waals surface area contributed by atoms with Crippen LogP contribution < -0.4 is 10.2 Å². The highest BCUT2D eigenvalue weighted by Gasteiger charge is 2.34. The number of urea groups is 1. The van der Waals surface area contributed by atoms with E-state index in [9.17, 15) is 28.1 Å². The van der Waals surface area contributed by atoms with E-state index in [0.717, 1.165) is 17.7 Å². The van der Waals surface area contributed by atoms with Crippen molar-refractivity contribution in [3.05, 3.63) is 69.8 Å². The van der Waals surface area contributed by atoms with Gasteiger partial charge in [-0.25, -0.2) is 4.79 Å². The summed E-state index contributed by atoms with van der Waals surface area (Å²) in [6.07, 6.45) is -4.66. The molecular weight excluding hydrogens is 425 g/mol. The maximum absolute atomic E-state index is 12.9. The fourth-order valence-electron chi connectivity index (χ4n) is 3.78. The van der Waals surface area contributed by atoms with Crippen molar-refractivity contribution in [3.63, 3.8) is 0 Å². The topological polar surface area (TPSA) is 78.7 Å². The number of piperazine rings is 1. The van der Waals surface area contributed by atoms with Crippen molar-refractivity contribution in [2.75, 3.05) is 31.1 Å². The van der Waals surface area contributed by atoms with Crippen LogP contribution in [0, 0.1) is 16.0 Å². The normalized spacial score (nSPS) is 15.6. The van der Waals surface area contributed by atoms with Crippen LogP contribution in [0.1, 0.15) is 31.0 Å². The molecule has 1 aliphatic heterocycles. The number of hydrogen-bond donors (Lipinski definition) is 1. The van der Waals surface area contributed by atoms with Crippen LogP contribution in [-0.2, 0) is 6.18 Å². The van der Waals surface area contributed by atoms with Gasteiger partial charge in [-0.1, -0.05) is 44.2 Å². The van der Waals surface area contributed by atoms with Crippen LogP contribution in [0.3, 0.4) is 0 Å². The van der Waals surface area contributed by atoms with E-state index in [2.05, 4.69) is 5.32 Å². The zero-order valence-electron chi connectivity index (χ0n) is 17.8. The Balaban J connectivity index is 1.68. The van der Waals surface area contributed by atoms with E-state index in [1.54, 1.807) is 9.80 Å². The molecule has 0 spiro atoms. The number of nitrogens with one attached hydrogen (secondary N) is 1. The molecule has 2 aromatic rings. The number of halogens is 3. The molecule has 2 amide bonds. The lowest BCUT2D eigenvalue weighted by molar-refractivity contribution is -0.384. The summed E-state index contributed by atoms with van der Waals surface area (Å²) in [5, 5.41) is 14.4. The highest BCUT2D eigenvalue weighted by Crippen LogP contribution is 2.36. The van der Waals surface area contributed by atoms with Crippen molar-refractivity contribution in [2.45, 2.75) is 26.1 Å². The molecule has 1 N–H and O–H groups in total. The largest absolute Gasteiger partial charge is 0.416 e. The van der Waals surface area contributed by atoms with E-state index in [-0.39, 0.29) is 36.8 Å². The number of benzene rings is 2. The summed E-state index contributed by atoms with van der Waals surface area (Å²) in [6, 6.07) is 11.7. The number of carbonyl (C=O) groups excluding carboxylic acids is 1. The Morgan fingerprint density at radius 1 is 1.06 bits per heavy atom. The van der Waals surface area contributed by atoms with Gasteiger partial charge in [0.05, 0.1) is 16.5 Å². The molecule has 1 atom stereocenters. The van der Waals surface area contributed by atoms with Crippen LogP contribution >= 0.6 is 0 Å². The van der Waals surface area contributed by atoms with Crippen molar-refractivity contribution < 1.29 is 22.9 Å². The van der Waals surface area contributed by atoms with Gasteiger partial charge in [0, 0.05) is 32.2 Å². The van der Waals surface area contributed by atoms with Gasteiger partial charge < -0.3 is 15.1 Å². The molecule has 1 fully saturated rings. The summed E-state index contributed by atoms with van der Waals surface area (Å²) in [5.41, 5.74) is -0.546. The van der Waals surface area contributed by atoms with E-state index in [1.807, 2.05) is 44.2 Å². The van der Waals surface area contributed by atoms with Gasteiger partial charge in [0.2, 0.25) is 0 Å². The molecule has 0 bridgehead atoms. The summed E-state index contributed by atoms with van der Waals surface area (Å²) in [5.74, 6) is 0.164. The molecule has 1 aliphatic rings. The maximum Gasteiger partial charge on any atom is 0.416 e. The minimum absolute atomic E-state index is 0.118. The third kappa shape index (κ3) is 5.30. The number of rotatable bonds is 5. The van der Waals surface area contributed by atoms with Crippen molar-refractivity contribution in [3.8, 4) is 0 Å². The van der Waals surface area contributed by atoms with Gasteiger partial charge in [0.1, 0.15) is 5.69 Å². The average molecular weight is 450 g/mol. The third-order valence-electron chi connectivity index (χ3n) is 5.51. The Labute approximate surface area is 184 Å². The monoisotopic (exact) mass is 450 g/mol. The lowest BCUT2D eigenvalue weighted by Gasteiger charge is -2.37. The smallest absolute Gasteiger partial charge is 0.362 e. The number of nitro groups is 1. The zero-order valence-corrected chi connectivity index (χ0v) is 17.8. The number of hydrogen-bond acceptors (Lipinski definition) is 4. The Kier molecular flexibility index (Phi) is 6.90. The van der Waals surface area contributed by atoms with Crippen molar-refractivity contribution in [1.29, 1.82) is 0 Å². The summed E-state index contributed by atoms with van der Waals surface area (Å²) in [4.78, 5) is 26.6. The average Bonchev–Trinajstić information content (AvgIpc) is 2.76. The van der Waals surface area contributed by atoms with E-state index < -0.39 is 22.4 Å². The number of anilines is 1. The first-order chi connectivity index (χ1) is 15.1. The Morgan fingerprint density at radius 3 is 2.22 bits per heavy atom. The van der Waals surface area contributed by atoms with Gasteiger partial charge >= 0.3 is 12.2 Å². The molecular formula is C22H25F3N4O3.